The molecule has 0 amide bonds. The topological polar surface area (TPSA) is 0 Å². The predicted octanol–water partition coefficient (Wildman–Crippen LogP) is 7.78. The van der Waals surface area contributed by atoms with Gasteiger partial charge in [-0.1, -0.05) is 30.9 Å². The van der Waals surface area contributed by atoms with Crippen LogP contribution in [0.4, 0.5) is 55.1 Å². The minimum Gasteiger partial charge on any atom is -0.191 e. The highest BCUT2D eigenvalue weighted by molar-refractivity contribution is 8.52. The first-order valence-corrected chi connectivity index (χ1v) is 8.57. The van der Waals surface area contributed by atoms with Gasteiger partial charge in [0.05, 0.1) is 5.41 Å². The molecule has 0 heterocycles. The zero-order valence-electron chi connectivity index (χ0n) is 12.6. The highest BCUT2D eigenvalue weighted by atomic mass is 32.5. The molecule has 0 saturated carbocycles. The van der Waals surface area contributed by atoms with Crippen LogP contribution in [0.2, 0.25) is 0 Å². The molecule has 1 aliphatic carbocycles. The second-order valence-electron chi connectivity index (χ2n) is 5.43. The van der Waals surface area contributed by atoms with Crippen molar-refractivity contribution in [3.63, 3.8) is 0 Å². The fourth-order valence-electron chi connectivity index (χ4n) is 1.82. The summed E-state index contributed by atoms with van der Waals surface area (Å²) in [7, 11) is -11.7. The average molecular weight is 444 g/mol. The average Bonchev–Trinajstić information content (AvgIpc) is 2.44. The first-order chi connectivity index (χ1) is 11.5. The van der Waals surface area contributed by atoms with E-state index in [1.54, 1.807) is 0 Å². The zero-order chi connectivity index (χ0) is 21.8. The summed E-state index contributed by atoms with van der Waals surface area (Å²) in [4.78, 5) is 0. The third-order valence-electron chi connectivity index (χ3n) is 3.34. The molecule has 0 saturated heterocycles. The van der Waals surface area contributed by atoms with Gasteiger partial charge in [0.2, 0.25) is 9.84 Å². The third-order valence-corrected chi connectivity index (χ3v) is 5.44. The Balaban J connectivity index is 3.64. The monoisotopic (exact) mass is 444 g/mol. The molecule has 0 atom stereocenters. The summed E-state index contributed by atoms with van der Waals surface area (Å²) >= 11 is 0. The summed E-state index contributed by atoms with van der Waals surface area (Å²) in [6.45, 7) is 3.20. The van der Waals surface area contributed by atoms with Crippen LogP contribution in [0.25, 0.3) is 0 Å². The van der Waals surface area contributed by atoms with Crippen molar-refractivity contribution in [1.82, 2.24) is 0 Å². The van der Waals surface area contributed by atoms with Crippen LogP contribution in [-0.2, 0) is 0 Å². The Morgan fingerprint density at radius 1 is 0.815 bits per heavy atom. The van der Waals surface area contributed by atoms with Crippen molar-refractivity contribution in [2.75, 3.05) is 0 Å². The van der Waals surface area contributed by atoms with E-state index in [9.17, 15) is 55.1 Å². The molecule has 0 bridgehead atoms. The van der Waals surface area contributed by atoms with Crippen molar-refractivity contribution in [3.8, 4) is 0 Å². The van der Waals surface area contributed by atoms with Crippen molar-refractivity contribution in [1.29, 1.82) is 0 Å². The van der Waals surface area contributed by atoms with Gasteiger partial charge in [0.25, 0.3) is 0 Å². The molecule has 0 aromatic carbocycles. The number of rotatable bonds is 5. The maximum absolute atomic E-state index is 13.7. The molecule has 0 spiro atoms. The van der Waals surface area contributed by atoms with E-state index in [4.69, 9.17) is 0 Å². The Labute approximate surface area is 143 Å². The van der Waals surface area contributed by atoms with Crippen LogP contribution in [0.15, 0.2) is 47.4 Å². The van der Waals surface area contributed by atoms with Crippen molar-refractivity contribution in [2.24, 2.45) is 0 Å². The summed E-state index contributed by atoms with van der Waals surface area (Å²) in [6.07, 6.45) is -5.39. The van der Waals surface area contributed by atoms with Gasteiger partial charge < -0.3 is 0 Å². The molecule has 0 N–H and O–H groups in total. The molecule has 1 aliphatic rings. The molecule has 1 rings (SSSR count). The van der Waals surface area contributed by atoms with Gasteiger partial charge in [-0.05, 0) is 17.6 Å². The SMILES string of the molecule is C=CC1=CCC(=CS(F)(F)(F)(F)C(F)(F)C(F)(F)C(F)(F)C(F)(F)F)C=C1. The van der Waals surface area contributed by atoms with Gasteiger partial charge in [-0.3, -0.25) is 0 Å². The minimum atomic E-state index is -11.7. The maximum Gasteiger partial charge on any atom is 0.460 e. The van der Waals surface area contributed by atoms with Crippen molar-refractivity contribution in [2.45, 2.75) is 29.7 Å². The van der Waals surface area contributed by atoms with Crippen LogP contribution in [0.3, 0.4) is 0 Å². The molecule has 0 aromatic rings. The molecule has 0 unspecified atom stereocenters. The molecule has 14 heteroatoms. The molecule has 0 nitrogen and oxygen atoms in total. The van der Waals surface area contributed by atoms with Gasteiger partial charge in [-0.25, -0.2) is 0 Å². The normalized spacial score (nSPS) is 21.5. The second-order valence-corrected chi connectivity index (χ2v) is 8.45. The number of hydrogen-bond donors (Lipinski definition) is 0. The maximum atomic E-state index is 13.7. The van der Waals surface area contributed by atoms with E-state index in [1.807, 2.05) is 0 Å². The van der Waals surface area contributed by atoms with Gasteiger partial charge >= 0.3 is 23.3 Å². The van der Waals surface area contributed by atoms with E-state index in [0.717, 1.165) is 18.2 Å². The molecule has 0 fully saturated rings. The first kappa shape index (κ1) is 23.4. The fraction of sp³-hybridized carbons (Fsp3) is 0.385. The lowest BCUT2D eigenvalue weighted by molar-refractivity contribution is -0.384. The van der Waals surface area contributed by atoms with Crippen molar-refractivity contribution < 1.29 is 55.1 Å². The number of hydrogen-bond acceptors (Lipinski definition) is 0. The molecule has 0 radical (unpaired) electrons. The van der Waals surface area contributed by atoms with Crippen LogP contribution in [0.1, 0.15) is 6.42 Å². The van der Waals surface area contributed by atoms with Crippen LogP contribution in [0, 0.1) is 0 Å². The van der Waals surface area contributed by atoms with Crippen LogP contribution in [-0.4, -0.2) is 23.3 Å². The van der Waals surface area contributed by atoms with Gasteiger partial charge in [0.1, 0.15) is 0 Å². The standard InChI is InChI=1S/C13H9F13S/c1-2-8-3-5-9(6-4-8)7-27(23,24,25,26)13(21,22)11(16,17)10(14,15)12(18,19)20/h2-5,7H,1,6H2. The lowest BCUT2D eigenvalue weighted by atomic mass is 10.0. The summed E-state index contributed by atoms with van der Waals surface area (Å²) in [6, 6.07) is 0. The van der Waals surface area contributed by atoms with Crippen molar-refractivity contribution >= 4 is 9.84 Å². The number of halogens is 13. The van der Waals surface area contributed by atoms with Gasteiger partial charge in [-0.2, -0.15) is 39.5 Å². The molecular formula is C13H9F13S. The van der Waals surface area contributed by atoms with Crippen LogP contribution < -0.4 is 0 Å². The summed E-state index contributed by atoms with van der Waals surface area (Å²) in [5.41, 5.74) is -1.26. The summed E-state index contributed by atoms with van der Waals surface area (Å²) < 4.78 is 169. The molecule has 158 valence electrons. The van der Waals surface area contributed by atoms with Gasteiger partial charge in [0.15, 0.2) is 0 Å². The van der Waals surface area contributed by atoms with E-state index < -0.39 is 50.5 Å². The molecule has 0 aliphatic heterocycles. The highest BCUT2D eigenvalue weighted by Gasteiger charge is 2.96. The van der Waals surface area contributed by atoms with E-state index in [2.05, 4.69) is 6.58 Å². The smallest absolute Gasteiger partial charge is 0.191 e. The lowest BCUT2D eigenvalue weighted by Crippen LogP contribution is -2.64. The minimum absolute atomic E-state index is 0.135. The van der Waals surface area contributed by atoms with E-state index >= 15 is 0 Å². The number of alkyl halides is 9. The highest BCUT2D eigenvalue weighted by Crippen LogP contribution is 3.06. The fourth-order valence-corrected chi connectivity index (χ4v) is 3.42. The lowest BCUT2D eigenvalue weighted by Gasteiger charge is -2.54. The van der Waals surface area contributed by atoms with Crippen molar-refractivity contribution in [3.05, 3.63) is 47.4 Å². The van der Waals surface area contributed by atoms with Crippen LogP contribution in [0.5, 0.6) is 0 Å². The Hall–Kier alpha value is -1.60. The molecule has 27 heavy (non-hydrogen) atoms. The Morgan fingerprint density at radius 3 is 1.63 bits per heavy atom. The summed E-state index contributed by atoms with van der Waals surface area (Å²) in [5, 5.41) is -10.3. The van der Waals surface area contributed by atoms with E-state index in [-0.39, 0.29) is 5.57 Å². The second kappa shape index (κ2) is 5.47. The van der Waals surface area contributed by atoms with E-state index in [0.29, 0.717) is 6.08 Å². The van der Waals surface area contributed by atoms with E-state index in [1.165, 1.54) is 0 Å². The zero-order valence-corrected chi connectivity index (χ0v) is 13.4. The Morgan fingerprint density at radius 2 is 1.30 bits per heavy atom. The largest absolute Gasteiger partial charge is 0.460 e. The molecule has 0 aromatic heterocycles. The Bertz CT molecular complexity index is 729. The Kier molecular flexibility index (Phi) is 4.75. The summed E-state index contributed by atoms with van der Waals surface area (Å²) in [5.74, 6) is -16.0. The number of allylic oxidation sites excluding steroid dienone is 6. The third kappa shape index (κ3) is 3.47. The van der Waals surface area contributed by atoms with Crippen LogP contribution >= 0.6 is 9.84 Å². The van der Waals surface area contributed by atoms with Gasteiger partial charge in [0, 0.05) is 0 Å². The van der Waals surface area contributed by atoms with Gasteiger partial charge in [-0.15, -0.1) is 15.5 Å². The quantitative estimate of drug-likeness (QED) is 0.380. The first-order valence-electron chi connectivity index (χ1n) is 6.45. The molecular weight excluding hydrogens is 435 g/mol. The predicted molar refractivity (Wildman–Crippen MR) is 73.0 cm³/mol.